The quantitative estimate of drug-likeness (QED) is 0.736. The molecule has 0 fully saturated rings. The molecule has 0 spiro atoms. The molecule has 22 heavy (non-hydrogen) atoms. The third-order valence-corrected chi connectivity index (χ3v) is 3.15. The van der Waals surface area contributed by atoms with Gasteiger partial charge in [-0.1, -0.05) is 30.0 Å². The van der Waals surface area contributed by atoms with Gasteiger partial charge in [0.1, 0.15) is 0 Å². The summed E-state index contributed by atoms with van der Waals surface area (Å²) >= 11 is 0. The Morgan fingerprint density at radius 1 is 1.05 bits per heavy atom. The van der Waals surface area contributed by atoms with E-state index in [0.29, 0.717) is 11.1 Å². The van der Waals surface area contributed by atoms with Gasteiger partial charge in [0.25, 0.3) is 0 Å². The van der Waals surface area contributed by atoms with Crippen molar-refractivity contribution in [1.29, 1.82) is 0 Å². The van der Waals surface area contributed by atoms with Gasteiger partial charge in [0.2, 0.25) is 5.91 Å². The number of nitrogens with two attached hydrogens (primary N) is 1. The summed E-state index contributed by atoms with van der Waals surface area (Å²) in [5.74, 6) is 5.70. The van der Waals surface area contributed by atoms with Gasteiger partial charge in [-0.3, -0.25) is 4.79 Å². The van der Waals surface area contributed by atoms with E-state index in [2.05, 4.69) is 16.9 Å². The van der Waals surface area contributed by atoms with Crippen molar-refractivity contribution in [2.24, 2.45) is 5.73 Å². The van der Waals surface area contributed by atoms with Crippen LogP contribution in [0.15, 0.2) is 67.0 Å². The van der Waals surface area contributed by atoms with Crippen molar-refractivity contribution in [3.05, 3.63) is 83.7 Å². The minimum absolute atomic E-state index is 0.424. The van der Waals surface area contributed by atoms with Gasteiger partial charge < -0.3 is 5.73 Å². The molecule has 0 aliphatic heterocycles. The van der Waals surface area contributed by atoms with E-state index in [0.717, 1.165) is 11.3 Å². The highest BCUT2D eigenvalue weighted by Gasteiger charge is 2.07. The third kappa shape index (κ3) is 2.89. The van der Waals surface area contributed by atoms with Crippen molar-refractivity contribution < 1.29 is 4.79 Å². The molecule has 0 aliphatic carbocycles. The van der Waals surface area contributed by atoms with Crippen LogP contribution in [0.1, 0.15) is 21.5 Å². The maximum absolute atomic E-state index is 11.4. The van der Waals surface area contributed by atoms with Crippen LogP contribution in [-0.2, 0) is 0 Å². The zero-order chi connectivity index (χ0) is 15.4. The average molecular weight is 287 g/mol. The van der Waals surface area contributed by atoms with E-state index in [1.54, 1.807) is 29.1 Å². The Morgan fingerprint density at radius 2 is 1.86 bits per heavy atom. The number of benzene rings is 2. The number of amides is 1. The Kier molecular flexibility index (Phi) is 3.71. The minimum atomic E-state index is -0.477. The van der Waals surface area contributed by atoms with E-state index >= 15 is 0 Å². The molecule has 0 unspecified atom stereocenters. The van der Waals surface area contributed by atoms with Crippen molar-refractivity contribution in [2.75, 3.05) is 0 Å². The highest BCUT2D eigenvalue weighted by atomic mass is 16.1. The molecule has 1 amide bonds. The first-order valence-electron chi connectivity index (χ1n) is 6.75. The Bertz CT molecular complexity index is 856. The molecule has 0 atom stereocenters. The lowest BCUT2D eigenvalue weighted by atomic mass is 10.1. The van der Waals surface area contributed by atoms with Gasteiger partial charge in [0.05, 0.1) is 11.3 Å². The van der Waals surface area contributed by atoms with Crippen molar-refractivity contribution in [3.63, 3.8) is 0 Å². The Balaban J connectivity index is 2.09. The van der Waals surface area contributed by atoms with Gasteiger partial charge in [-0.15, -0.1) is 0 Å². The maximum atomic E-state index is 11.4. The topological polar surface area (TPSA) is 60.9 Å². The number of hydrogen-bond acceptors (Lipinski definition) is 2. The molecule has 0 saturated carbocycles. The molecular formula is C18H13N3O. The summed E-state index contributed by atoms with van der Waals surface area (Å²) in [5.41, 5.74) is 8.18. The van der Waals surface area contributed by atoms with E-state index in [4.69, 9.17) is 5.73 Å². The van der Waals surface area contributed by atoms with Gasteiger partial charge in [-0.2, -0.15) is 5.10 Å². The van der Waals surface area contributed by atoms with E-state index in [1.165, 1.54) is 0 Å². The zero-order valence-electron chi connectivity index (χ0n) is 11.7. The smallest absolute Gasteiger partial charge is 0.248 e. The van der Waals surface area contributed by atoms with Gasteiger partial charge in [0.15, 0.2) is 0 Å². The molecule has 2 N–H and O–H groups in total. The SMILES string of the molecule is NC(=O)c1ccc(-n2cccn2)c(C#Cc2ccccc2)c1. The molecule has 2 aromatic carbocycles. The standard InChI is InChI=1S/C18H13N3O/c19-18(22)16-9-10-17(21-12-4-11-20-21)15(13-16)8-7-14-5-2-1-3-6-14/h1-6,9-13H,(H2,19,22). The molecule has 4 nitrogen and oxygen atoms in total. The molecule has 4 heteroatoms. The average Bonchev–Trinajstić information content (AvgIpc) is 3.08. The Morgan fingerprint density at radius 3 is 2.55 bits per heavy atom. The summed E-state index contributed by atoms with van der Waals surface area (Å²) in [5, 5.41) is 4.21. The van der Waals surface area contributed by atoms with Crippen LogP contribution in [0.25, 0.3) is 5.69 Å². The molecule has 0 bridgehead atoms. The predicted octanol–water partition coefficient (Wildman–Crippen LogP) is 2.37. The fourth-order valence-electron chi connectivity index (χ4n) is 2.06. The normalized spacial score (nSPS) is 9.82. The number of nitrogens with zero attached hydrogens (tertiary/aromatic N) is 2. The lowest BCUT2D eigenvalue weighted by molar-refractivity contribution is 0.100. The third-order valence-electron chi connectivity index (χ3n) is 3.15. The second-order valence-electron chi connectivity index (χ2n) is 4.66. The highest BCUT2D eigenvalue weighted by molar-refractivity contribution is 5.93. The lowest BCUT2D eigenvalue weighted by Gasteiger charge is -2.06. The Hall–Kier alpha value is -3.32. The number of rotatable bonds is 2. The predicted molar refractivity (Wildman–Crippen MR) is 84.5 cm³/mol. The minimum Gasteiger partial charge on any atom is -0.366 e. The maximum Gasteiger partial charge on any atom is 0.248 e. The highest BCUT2D eigenvalue weighted by Crippen LogP contribution is 2.15. The second kappa shape index (κ2) is 5.98. The summed E-state index contributed by atoms with van der Waals surface area (Å²) in [6.07, 6.45) is 3.52. The van der Waals surface area contributed by atoms with Crippen molar-refractivity contribution >= 4 is 5.91 Å². The molecule has 0 radical (unpaired) electrons. The van der Waals surface area contributed by atoms with Crippen LogP contribution < -0.4 is 5.73 Å². The molecule has 0 aliphatic rings. The number of primary amides is 1. The number of carbonyl (C=O) groups is 1. The molecular weight excluding hydrogens is 274 g/mol. The van der Waals surface area contributed by atoms with Crippen LogP contribution in [0, 0.1) is 11.8 Å². The molecule has 3 rings (SSSR count). The van der Waals surface area contributed by atoms with Crippen molar-refractivity contribution in [3.8, 4) is 17.5 Å². The van der Waals surface area contributed by atoms with Crippen molar-refractivity contribution in [1.82, 2.24) is 9.78 Å². The number of hydrogen-bond donors (Lipinski definition) is 1. The van der Waals surface area contributed by atoms with Crippen LogP contribution >= 0.6 is 0 Å². The molecule has 1 aromatic heterocycles. The van der Waals surface area contributed by atoms with Crippen LogP contribution in [0.3, 0.4) is 0 Å². The molecule has 106 valence electrons. The Labute approximate surface area is 128 Å². The summed E-state index contributed by atoms with van der Waals surface area (Å²) in [6, 6.07) is 16.6. The van der Waals surface area contributed by atoms with Gasteiger partial charge >= 0.3 is 0 Å². The van der Waals surface area contributed by atoms with Crippen LogP contribution in [0.5, 0.6) is 0 Å². The van der Waals surface area contributed by atoms with E-state index in [1.807, 2.05) is 42.6 Å². The number of carbonyl (C=O) groups excluding carboxylic acids is 1. The van der Waals surface area contributed by atoms with E-state index < -0.39 is 5.91 Å². The lowest BCUT2D eigenvalue weighted by Crippen LogP contribution is -2.11. The van der Waals surface area contributed by atoms with Crippen LogP contribution in [0.2, 0.25) is 0 Å². The number of aromatic nitrogens is 2. The van der Waals surface area contributed by atoms with E-state index in [9.17, 15) is 4.79 Å². The van der Waals surface area contributed by atoms with Gasteiger partial charge in [-0.25, -0.2) is 4.68 Å². The fourth-order valence-corrected chi connectivity index (χ4v) is 2.06. The largest absolute Gasteiger partial charge is 0.366 e. The van der Waals surface area contributed by atoms with E-state index in [-0.39, 0.29) is 0 Å². The summed E-state index contributed by atoms with van der Waals surface area (Å²) in [7, 11) is 0. The van der Waals surface area contributed by atoms with Crippen LogP contribution in [-0.4, -0.2) is 15.7 Å². The molecule has 1 heterocycles. The van der Waals surface area contributed by atoms with Gasteiger partial charge in [-0.05, 0) is 36.4 Å². The zero-order valence-corrected chi connectivity index (χ0v) is 11.7. The first-order chi connectivity index (χ1) is 10.7. The first-order valence-corrected chi connectivity index (χ1v) is 6.75. The monoisotopic (exact) mass is 287 g/mol. The van der Waals surface area contributed by atoms with Crippen molar-refractivity contribution in [2.45, 2.75) is 0 Å². The second-order valence-corrected chi connectivity index (χ2v) is 4.66. The molecule has 3 aromatic rings. The van der Waals surface area contributed by atoms with Gasteiger partial charge in [0, 0.05) is 23.5 Å². The summed E-state index contributed by atoms with van der Waals surface area (Å²) < 4.78 is 1.71. The fraction of sp³-hybridized carbons (Fsp3) is 0. The summed E-state index contributed by atoms with van der Waals surface area (Å²) in [6.45, 7) is 0. The summed E-state index contributed by atoms with van der Waals surface area (Å²) in [4.78, 5) is 11.4. The first kappa shape index (κ1) is 13.7. The molecule has 0 saturated heterocycles. The van der Waals surface area contributed by atoms with Crippen LogP contribution in [0.4, 0.5) is 0 Å².